The maximum atomic E-state index is 13.0. The third kappa shape index (κ3) is 3.81. The number of halogens is 1. The normalized spacial score (nSPS) is 14.8. The maximum absolute atomic E-state index is 13.0. The minimum atomic E-state index is -0.163. The molecule has 1 N–H and O–H groups in total. The number of hydrazine groups is 1. The van der Waals surface area contributed by atoms with Gasteiger partial charge in [-0.05, 0) is 44.0 Å². The van der Waals surface area contributed by atoms with Gasteiger partial charge in [-0.15, -0.1) is 0 Å². The first-order valence-electron chi connectivity index (χ1n) is 9.60. The van der Waals surface area contributed by atoms with E-state index in [2.05, 4.69) is 10.5 Å². The van der Waals surface area contributed by atoms with Crippen molar-refractivity contribution < 1.29 is 4.79 Å². The fourth-order valence-electron chi connectivity index (χ4n) is 3.62. The summed E-state index contributed by atoms with van der Waals surface area (Å²) in [6, 6.07) is 17.5. The minimum Gasteiger partial charge on any atom is -0.283 e. The monoisotopic (exact) mass is 394 g/mol. The number of carbonyl (C=O) groups is 1. The Hall–Kier alpha value is -2.63. The average Bonchev–Trinajstić information content (AvgIpc) is 3.07. The largest absolute Gasteiger partial charge is 0.286 e. The number of hydrogen-bond donors (Lipinski definition) is 1. The maximum Gasteiger partial charge on any atom is 0.286 e. The zero-order chi connectivity index (χ0) is 19.5. The van der Waals surface area contributed by atoms with Crippen LogP contribution in [0, 0.1) is 6.92 Å². The van der Waals surface area contributed by atoms with Gasteiger partial charge in [-0.2, -0.15) is 5.10 Å². The number of hydrogen-bond acceptors (Lipinski definition) is 3. The lowest BCUT2D eigenvalue weighted by Crippen LogP contribution is -2.45. The van der Waals surface area contributed by atoms with Crippen LogP contribution in [0.1, 0.15) is 35.3 Å². The van der Waals surface area contributed by atoms with Crippen molar-refractivity contribution >= 4 is 17.5 Å². The lowest BCUT2D eigenvalue weighted by molar-refractivity contribution is 0.0743. The second-order valence-electron chi connectivity index (χ2n) is 7.07. The second-order valence-corrected chi connectivity index (χ2v) is 7.50. The first kappa shape index (κ1) is 18.7. The van der Waals surface area contributed by atoms with Gasteiger partial charge in [0.05, 0.1) is 11.4 Å². The topological polar surface area (TPSA) is 50.2 Å². The van der Waals surface area contributed by atoms with Crippen molar-refractivity contribution in [3.63, 3.8) is 0 Å². The smallest absolute Gasteiger partial charge is 0.283 e. The van der Waals surface area contributed by atoms with Gasteiger partial charge >= 0.3 is 0 Å². The van der Waals surface area contributed by atoms with Gasteiger partial charge in [0.2, 0.25) is 0 Å². The summed E-state index contributed by atoms with van der Waals surface area (Å²) in [6.07, 6.45) is 3.43. The van der Waals surface area contributed by atoms with Crippen molar-refractivity contribution in [2.24, 2.45) is 0 Å². The van der Waals surface area contributed by atoms with Gasteiger partial charge in [-0.25, -0.2) is 9.69 Å². The molecular weight excluding hydrogens is 372 g/mol. The van der Waals surface area contributed by atoms with Crippen molar-refractivity contribution in [1.29, 1.82) is 0 Å². The molecule has 2 aromatic carbocycles. The molecular formula is C22H23ClN4O. The molecule has 0 bridgehead atoms. The first-order chi connectivity index (χ1) is 13.6. The van der Waals surface area contributed by atoms with Crippen molar-refractivity contribution in [3.05, 3.63) is 70.9 Å². The van der Waals surface area contributed by atoms with Gasteiger partial charge < -0.3 is 0 Å². The van der Waals surface area contributed by atoms with Crippen LogP contribution in [0.15, 0.2) is 54.6 Å². The first-order valence-corrected chi connectivity index (χ1v) is 9.98. The predicted octanol–water partition coefficient (Wildman–Crippen LogP) is 4.63. The lowest BCUT2D eigenvalue weighted by atomic mass is 10.1. The zero-order valence-electron chi connectivity index (χ0n) is 15.9. The molecule has 3 aromatic rings. The summed E-state index contributed by atoms with van der Waals surface area (Å²) in [5.74, 6) is -0.163. The molecule has 0 radical (unpaired) electrons. The van der Waals surface area contributed by atoms with Gasteiger partial charge in [-0.1, -0.05) is 48.4 Å². The molecule has 1 aliphatic rings. The minimum absolute atomic E-state index is 0.163. The highest BCUT2D eigenvalue weighted by Gasteiger charge is 2.23. The van der Waals surface area contributed by atoms with Crippen LogP contribution in [-0.4, -0.2) is 33.8 Å². The SMILES string of the molecule is Cc1c(C(=O)NN2CCCCC2)nn(-c2ccccc2)c1-c1ccc(Cl)cc1. The molecule has 1 amide bonds. The van der Waals surface area contributed by atoms with Gasteiger partial charge in [-0.3, -0.25) is 10.2 Å². The summed E-state index contributed by atoms with van der Waals surface area (Å²) in [4.78, 5) is 13.0. The van der Waals surface area contributed by atoms with Gasteiger partial charge in [0, 0.05) is 29.2 Å². The molecule has 1 aromatic heterocycles. The van der Waals surface area contributed by atoms with Crippen molar-refractivity contribution in [2.45, 2.75) is 26.2 Å². The van der Waals surface area contributed by atoms with E-state index < -0.39 is 0 Å². The van der Waals surface area contributed by atoms with E-state index in [1.807, 2.05) is 71.2 Å². The van der Waals surface area contributed by atoms with Crippen LogP contribution in [-0.2, 0) is 0 Å². The van der Waals surface area contributed by atoms with Crippen LogP contribution in [0.3, 0.4) is 0 Å². The van der Waals surface area contributed by atoms with E-state index in [4.69, 9.17) is 11.6 Å². The fourth-order valence-corrected chi connectivity index (χ4v) is 3.74. The highest BCUT2D eigenvalue weighted by Crippen LogP contribution is 2.29. The van der Waals surface area contributed by atoms with Crippen LogP contribution in [0.4, 0.5) is 0 Å². The number of nitrogens with zero attached hydrogens (tertiary/aromatic N) is 3. The molecule has 0 aliphatic carbocycles. The molecule has 4 rings (SSSR count). The Bertz CT molecular complexity index is 960. The Morgan fingerprint density at radius 3 is 2.36 bits per heavy atom. The summed E-state index contributed by atoms with van der Waals surface area (Å²) < 4.78 is 1.84. The highest BCUT2D eigenvalue weighted by atomic mass is 35.5. The van der Waals surface area contributed by atoms with E-state index in [1.54, 1.807) is 0 Å². The summed E-state index contributed by atoms with van der Waals surface area (Å²) >= 11 is 6.07. The van der Waals surface area contributed by atoms with E-state index >= 15 is 0 Å². The summed E-state index contributed by atoms with van der Waals surface area (Å²) in [5.41, 5.74) is 7.09. The molecule has 5 nitrogen and oxygen atoms in total. The highest BCUT2D eigenvalue weighted by molar-refractivity contribution is 6.30. The third-order valence-electron chi connectivity index (χ3n) is 5.07. The Labute approximate surface area is 169 Å². The van der Waals surface area contributed by atoms with Crippen molar-refractivity contribution in [2.75, 3.05) is 13.1 Å². The fraction of sp³-hybridized carbons (Fsp3) is 0.273. The molecule has 1 aliphatic heterocycles. The molecule has 2 heterocycles. The van der Waals surface area contributed by atoms with Crippen LogP contribution in [0.2, 0.25) is 5.02 Å². The number of rotatable bonds is 4. The Morgan fingerprint density at radius 2 is 1.68 bits per heavy atom. The van der Waals surface area contributed by atoms with Crippen LogP contribution >= 0.6 is 11.6 Å². The number of carbonyl (C=O) groups excluding carboxylic acids is 1. The number of aromatic nitrogens is 2. The van der Waals surface area contributed by atoms with Crippen molar-refractivity contribution in [3.8, 4) is 16.9 Å². The lowest BCUT2D eigenvalue weighted by Gasteiger charge is -2.26. The standard InChI is InChI=1S/C22H23ClN4O/c1-16-20(22(28)25-26-14-6-3-7-15-26)24-27(19-8-4-2-5-9-19)21(16)17-10-12-18(23)13-11-17/h2,4-5,8-13H,3,6-7,14-15H2,1H3,(H,25,28). The van der Waals surface area contributed by atoms with E-state index in [0.717, 1.165) is 48.4 Å². The molecule has 28 heavy (non-hydrogen) atoms. The second kappa shape index (κ2) is 8.17. The van der Waals surface area contributed by atoms with Crippen molar-refractivity contribution in [1.82, 2.24) is 20.2 Å². The molecule has 0 unspecified atom stereocenters. The van der Waals surface area contributed by atoms with Crippen LogP contribution in [0.25, 0.3) is 16.9 Å². The van der Waals surface area contributed by atoms with Crippen LogP contribution < -0.4 is 5.43 Å². The Balaban J connectivity index is 1.75. The van der Waals surface area contributed by atoms with E-state index in [-0.39, 0.29) is 5.91 Å². The van der Waals surface area contributed by atoms with E-state index in [1.165, 1.54) is 6.42 Å². The average molecular weight is 395 g/mol. The van der Waals surface area contributed by atoms with Gasteiger partial charge in [0.1, 0.15) is 0 Å². The van der Waals surface area contributed by atoms with Gasteiger partial charge in [0.25, 0.3) is 5.91 Å². The molecule has 144 valence electrons. The summed E-state index contributed by atoms with van der Waals surface area (Å²) in [6.45, 7) is 3.71. The summed E-state index contributed by atoms with van der Waals surface area (Å²) in [7, 11) is 0. The Kier molecular flexibility index (Phi) is 5.46. The molecule has 0 atom stereocenters. The number of piperidine rings is 1. The van der Waals surface area contributed by atoms with Gasteiger partial charge in [0.15, 0.2) is 5.69 Å². The quantitative estimate of drug-likeness (QED) is 0.701. The number of amides is 1. The summed E-state index contributed by atoms with van der Waals surface area (Å²) in [5, 5.41) is 7.36. The van der Waals surface area contributed by atoms with E-state index in [0.29, 0.717) is 10.7 Å². The molecule has 1 saturated heterocycles. The van der Waals surface area contributed by atoms with E-state index in [9.17, 15) is 4.79 Å². The number of nitrogens with one attached hydrogen (secondary N) is 1. The Morgan fingerprint density at radius 1 is 1.00 bits per heavy atom. The zero-order valence-corrected chi connectivity index (χ0v) is 16.6. The predicted molar refractivity (Wildman–Crippen MR) is 112 cm³/mol. The molecule has 0 spiro atoms. The van der Waals surface area contributed by atoms with Crippen LogP contribution in [0.5, 0.6) is 0 Å². The number of para-hydroxylation sites is 1. The third-order valence-corrected chi connectivity index (χ3v) is 5.32. The number of benzene rings is 2. The molecule has 1 fully saturated rings. The molecule has 6 heteroatoms. The molecule has 0 saturated carbocycles.